The molecular weight excluding hydrogens is 220 g/mol. The first-order chi connectivity index (χ1) is 8.60. The van der Waals surface area contributed by atoms with Crippen molar-refractivity contribution in [3.63, 3.8) is 0 Å². The molecule has 0 aromatic rings. The Morgan fingerprint density at radius 1 is 1.00 bits per heavy atom. The molecule has 1 heteroatoms. The Bertz CT molecular complexity index is 370. The van der Waals surface area contributed by atoms with Crippen LogP contribution in [0.3, 0.4) is 0 Å². The van der Waals surface area contributed by atoms with Gasteiger partial charge in [-0.3, -0.25) is 0 Å². The van der Waals surface area contributed by atoms with Gasteiger partial charge in [-0.05, 0) is 11.1 Å². The summed E-state index contributed by atoms with van der Waals surface area (Å²) in [5, 5.41) is 10.4. The fraction of sp³-hybridized carbons (Fsp3) is 0.176. The number of aliphatic hydroxyl groups is 1. The molecule has 0 fully saturated rings. The van der Waals surface area contributed by atoms with Gasteiger partial charge in [-0.1, -0.05) is 82.5 Å². The molecule has 0 spiro atoms. The molecule has 0 saturated heterocycles. The van der Waals surface area contributed by atoms with E-state index >= 15 is 0 Å². The molecule has 0 aliphatic heterocycles. The zero-order chi connectivity index (χ0) is 14.6. The topological polar surface area (TPSA) is 20.2 Å². The van der Waals surface area contributed by atoms with Gasteiger partial charge in [0.25, 0.3) is 0 Å². The first-order valence-corrected chi connectivity index (χ1v) is 5.72. The van der Waals surface area contributed by atoms with Gasteiger partial charge in [0, 0.05) is 0 Å². The molecule has 0 amide bonds. The molecule has 1 N–H and O–H groups in total. The van der Waals surface area contributed by atoms with Crippen molar-refractivity contribution in [3.8, 4) is 12.3 Å². The molecule has 0 rings (SSSR count). The Kier molecular flexibility index (Phi) is 10.3. The number of hydrogen-bond donors (Lipinski definition) is 1. The fourth-order valence-corrected chi connectivity index (χ4v) is 1.26. The van der Waals surface area contributed by atoms with E-state index in [1.165, 1.54) is 24.3 Å². The highest BCUT2D eigenvalue weighted by Gasteiger charge is 2.29. The lowest BCUT2D eigenvalue weighted by Gasteiger charge is -2.24. The van der Waals surface area contributed by atoms with Gasteiger partial charge in [-0.15, -0.1) is 6.42 Å². The van der Waals surface area contributed by atoms with Crippen molar-refractivity contribution < 1.29 is 5.11 Å². The Hall–Kier alpha value is -2.04. The van der Waals surface area contributed by atoms with E-state index in [-0.39, 0.29) is 0 Å². The third-order valence-electron chi connectivity index (χ3n) is 2.08. The smallest absolute Gasteiger partial charge is 0.176 e. The highest BCUT2D eigenvalue weighted by Crippen LogP contribution is 2.27. The van der Waals surface area contributed by atoms with E-state index in [9.17, 15) is 5.11 Å². The lowest BCUT2D eigenvalue weighted by Crippen LogP contribution is -2.30. The SMILES string of the molecule is C#CC(O)(/C(C=C)=C/C=C)/C(C=C)=C/C=C.CC. The summed E-state index contributed by atoms with van der Waals surface area (Å²) >= 11 is 0. The summed E-state index contributed by atoms with van der Waals surface area (Å²) in [7, 11) is 0. The fourth-order valence-electron chi connectivity index (χ4n) is 1.26. The van der Waals surface area contributed by atoms with E-state index in [4.69, 9.17) is 6.42 Å². The van der Waals surface area contributed by atoms with E-state index in [2.05, 4.69) is 32.2 Å². The van der Waals surface area contributed by atoms with Gasteiger partial charge < -0.3 is 5.11 Å². The molecule has 0 unspecified atom stereocenters. The van der Waals surface area contributed by atoms with Crippen molar-refractivity contribution in [2.24, 2.45) is 0 Å². The molecule has 0 saturated carbocycles. The van der Waals surface area contributed by atoms with E-state index in [1.807, 2.05) is 13.8 Å². The molecule has 0 radical (unpaired) electrons. The lowest BCUT2D eigenvalue weighted by molar-refractivity contribution is 0.186. The molecule has 0 aromatic heterocycles. The van der Waals surface area contributed by atoms with Gasteiger partial charge in [0.1, 0.15) is 0 Å². The molecule has 96 valence electrons. The average Bonchev–Trinajstić information content (AvgIpc) is 2.43. The Balaban J connectivity index is 0. The van der Waals surface area contributed by atoms with Crippen LogP contribution in [0.15, 0.2) is 73.9 Å². The van der Waals surface area contributed by atoms with Gasteiger partial charge in [0.2, 0.25) is 0 Å². The average molecular weight is 242 g/mol. The summed E-state index contributed by atoms with van der Waals surface area (Å²) in [6.07, 6.45) is 14.6. The predicted octanol–water partition coefficient (Wildman–Crippen LogP) is 3.97. The third kappa shape index (κ3) is 4.45. The van der Waals surface area contributed by atoms with E-state index in [0.717, 1.165) is 0 Å². The normalized spacial score (nSPS) is 11.4. The summed E-state index contributed by atoms with van der Waals surface area (Å²) in [5.74, 6) is 2.33. The van der Waals surface area contributed by atoms with Crippen LogP contribution in [0, 0.1) is 12.3 Å². The van der Waals surface area contributed by atoms with Crippen LogP contribution < -0.4 is 0 Å². The number of hydrogen-bond acceptors (Lipinski definition) is 1. The van der Waals surface area contributed by atoms with Crippen LogP contribution in [0.25, 0.3) is 0 Å². The molecular formula is C17H22O. The highest BCUT2D eigenvalue weighted by molar-refractivity contribution is 5.52. The summed E-state index contributed by atoms with van der Waals surface area (Å²) in [5.41, 5.74) is -0.609. The monoisotopic (exact) mass is 242 g/mol. The Morgan fingerprint density at radius 2 is 1.33 bits per heavy atom. The van der Waals surface area contributed by atoms with Crippen LogP contribution in [-0.2, 0) is 0 Å². The Morgan fingerprint density at radius 3 is 1.50 bits per heavy atom. The summed E-state index contributed by atoms with van der Waals surface area (Å²) in [6.45, 7) is 18.3. The minimum atomic E-state index is -1.55. The van der Waals surface area contributed by atoms with Gasteiger partial charge in [-0.25, -0.2) is 0 Å². The predicted molar refractivity (Wildman–Crippen MR) is 82.1 cm³/mol. The van der Waals surface area contributed by atoms with Crippen molar-refractivity contribution in [3.05, 3.63) is 73.9 Å². The van der Waals surface area contributed by atoms with Crippen LogP contribution >= 0.6 is 0 Å². The summed E-state index contributed by atoms with van der Waals surface area (Å²) < 4.78 is 0. The first kappa shape index (κ1) is 18.3. The lowest BCUT2D eigenvalue weighted by atomic mass is 9.85. The van der Waals surface area contributed by atoms with Crippen LogP contribution in [0.4, 0.5) is 0 Å². The number of allylic oxidation sites excluding steroid dienone is 4. The molecule has 0 aliphatic rings. The molecule has 0 bridgehead atoms. The Labute approximate surface area is 111 Å². The molecule has 0 aromatic carbocycles. The molecule has 18 heavy (non-hydrogen) atoms. The quantitative estimate of drug-likeness (QED) is 0.552. The molecule has 0 aliphatic carbocycles. The van der Waals surface area contributed by atoms with Gasteiger partial charge >= 0.3 is 0 Å². The maximum atomic E-state index is 10.4. The zero-order valence-electron chi connectivity index (χ0n) is 11.3. The zero-order valence-corrected chi connectivity index (χ0v) is 11.3. The van der Waals surface area contributed by atoms with Crippen LogP contribution in [0.2, 0.25) is 0 Å². The number of terminal acetylenes is 1. The van der Waals surface area contributed by atoms with Crippen LogP contribution in [0.1, 0.15) is 13.8 Å². The summed E-state index contributed by atoms with van der Waals surface area (Å²) in [4.78, 5) is 0. The highest BCUT2D eigenvalue weighted by atomic mass is 16.3. The van der Waals surface area contributed by atoms with Gasteiger partial charge in [-0.2, -0.15) is 0 Å². The van der Waals surface area contributed by atoms with E-state index < -0.39 is 5.60 Å². The maximum absolute atomic E-state index is 10.4. The van der Waals surface area contributed by atoms with Crippen molar-refractivity contribution in [2.75, 3.05) is 0 Å². The van der Waals surface area contributed by atoms with Crippen molar-refractivity contribution in [1.29, 1.82) is 0 Å². The van der Waals surface area contributed by atoms with E-state index in [0.29, 0.717) is 11.1 Å². The van der Waals surface area contributed by atoms with E-state index in [1.54, 1.807) is 12.2 Å². The largest absolute Gasteiger partial charge is 0.369 e. The standard InChI is InChI=1S/C15H16O.C2H6/c1-6-11-13(8-3)15(16,10-5)14(9-4)12-7-2;1-2/h5-9,11-12,16H,1-4H2;1-2H3/b13-11+,14-12+;. The first-order valence-electron chi connectivity index (χ1n) is 5.72. The third-order valence-corrected chi connectivity index (χ3v) is 2.08. The minimum absolute atomic E-state index is 0.470. The van der Waals surface area contributed by atoms with Crippen LogP contribution in [0.5, 0.6) is 0 Å². The minimum Gasteiger partial charge on any atom is -0.369 e. The van der Waals surface area contributed by atoms with Crippen molar-refractivity contribution in [1.82, 2.24) is 0 Å². The number of rotatable bonds is 6. The van der Waals surface area contributed by atoms with Crippen molar-refractivity contribution >= 4 is 0 Å². The van der Waals surface area contributed by atoms with Gasteiger partial charge in [0.15, 0.2) is 5.60 Å². The molecule has 0 atom stereocenters. The second-order valence-electron chi connectivity index (χ2n) is 2.98. The van der Waals surface area contributed by atoms with Crippen LogP contribution in [-0.4, -0.2) is 10.7 Å². The second kappa shape index (κ2) is 10.1. The van der Waals surface area contributed by atoms with Gasteiger partial charge in [0.05, 0.1) is 0 Å². The maximum Gasteiger partial charge on any atom is 0.176 e. The summed E-state index contributed by atoms with van der Waals surface area (Å²) in [6, 6.07) is 0. The second-order valence-corrected chi connectivity index (χ2v) is 2.98. The molecule has 1 nitrogen and oxygen atoms in total. The molecule has 0 heterocycles. The van der Waals surface area contributed by atoms with Crippen molar-refractivity contribution in [2.45, 2.75) is 19.4 Å².